The van der Waals surface area contributed by atoms with E-state index >= 15 is 0 Å². The van der Waals surface area contributed by atoms with E-state index in [9.17, 15) is 13.2 Å². The lowest BCUT2D eigenvalue weighted by Gasteiger charge is -2.11. The minimum atomic E-state index is -4.36. The van der Waals surface area contributed by atoms with Gasteiger partial charge in [-0.3, -0.25) is 0 Å². The Bertz CT molecular complexity index is 1030. The summed E-state index contributed by atoms with van der Waals surface area (Å²) in [5, 5.41) is 12.4. The van der Waals surface area contributed by atoms with Gasteiger partial charge in [-0.25, -0.2) is 4.98 Å². The quantitative estimate of drug-likeness (QED) is 0.693. The number of hydrogen-bond acceptors (Lipinski definition) is 5. The van der Waals surface area contributed by atoms with Crippen molar-refractivity contribution in [2.24, 2.45) is 5.92 Å². The van der Waals surface area contributed by atoms with Crippen molar-refractivity contribution in [2.45, 2.75) is 32.0 Å². The van der Waals surface area contributed by atoms with Crippen molar-refractivity contribution >= 4 is 17.0 Å². The molecular formula is C19H17F3N6. The molecule has 3 aromatic rings. The smallest absolute Gasteiger partial charge is 0.368 e. The van der Waals surface area contributed by atoms with E-state index in [-0.39, 0.29) is 5.82 Å². The van der Waals surface area contributed by atoms with Gasteiger partial charge in [-0.05, 0) is 30.0 Å². The lowest BCUT2D eigenvalue weighted by atomic mass is 10.1. The molecule has 0 bridgehead atoms. The first kappa shape index (κ1) is 18.2. The minimum Gasteiger partial charge on any atom is -0.368 e. The largest absolute Gasteiger partial charge is 0.416 e. The number of halogens is 3. The molecule has 1 saturated carbocycles. The van der Waals surface area contributed by atoms with Crippen LogP contribution in [0.2, 0.25) is 0 Å². The summed E-state index contributed by atoms with van der Waals surface area (Å²) in [5.41, 5.74) is 1.03. The van der Waals surface area contributed by atoms with Crippen LogP contribution in [0.5, 0.6) is 0 Å². The summed E-state index contributed by atoms with van der Waals surface area (Å²) in [6, 6.07) is 6.95. The number of aromatic nitrogens is 4. The Balaban J connectivity index is 1.62. The normalized spacial score (nSPS) is 14.2. The average molecular weight is 386 g/mol. The van der Waals surface area contributed by atoms with Crippen molar-refractivity contribution in [1.82, 2.24) is 19.5 Å². The maximum Gasteiger partial charge on any atom is 0.416 e. The monoisotopic (exact) mass is 386 g/mol. The third kappa shape index (κ3) is 3.91. The zero-order valence-electron chi connectivity index (χ0n) is 14.9. The summed E-state index contributed by atoms with van der Waals surface area (Å²) in [6.07, 6.45) is 0.720. The van der Waals surface area contributed by atoms with E-state index in [0.717, 1.165) is 31.0 Å². The van der Waals surface area contributed by atoms with Crippen molar-refractivity contribution in [1.29, 1.82) is 5.26 Å². The highest BCUT2D eigenvalue weighted by molar-refractivity contribution is 5.83. The van der Waals surface area contributed by atoms with Crippen LogP contribution in [0.15, 0.2) is 30.6 Å². The molecule has 4 rings (SSSR count). The summed E-state index contributed by atoms with van der Waals surface area (Å²) in [4.78, 5) is 12.6. The molecule has 2 heterocycles. The third-order valence-corrected chi connectivity index (χ3v) is 4.75. The van der Waals surface area contributed by atoms with Crippen molar-refractivity contribution in [2.75, 3.05) is 11.9 Å². The van der Waals surface area contributed by atoms with E-state index in [2.05, 4.69) is 20.3 Å². The zero-order chi connectivity index (χ0) is 19.7. The van der Waals surface area contributed by atoms with Gasteiger partial charge < -0.3 is 9.88 Å². The fraction of sp³-hybridized carbons (Fsp3) is 0.368. The number of fused-ring (bicyclic) bond motifs is 1. The van der Waals surface area contributed by atoms with Gasteiger partial charge in [0, 0.05) is 13.1 Å². The molecule has 9 heteroatoms. The maximum absolute atomic E-state index is 12.7. The van der Waals surface area contributed by atoms with Gasteiger partial charge in [0.2, 0.25) is 5.82 Å². The average Bonchev–Trinajstić information content (AvgIpc) is 3.41. The number of rotatable bonds is 6. The maximum atomic E-state index is 12.7. The molecule has 0 amide bonds. The summed E-state index contributed by atoms with van der Waals surface area (Å²) >= 11 is 0. The number of nitrogens with zero attached hydrogens (tertiary/aromatic N) is 5. The number of nitriles is 1. The van der Waals surface area contributed by atoms with E-state index < -0.39 is 11.7 Å². The van der Waals surface area contributed by atoms with Gasteiger partial charge in [0.05, 0.1) is 11.9 Å². The molecule has 1 N–H and O–H groups in total. The number of anilines is 1. The first-order valence-electron chi connectivity index (χ1n) is 8.97. The second-order valence-electron chi connectivity index (χ2n) is 6.91. The van der Waals surface area contributed by atoms with Gasteiger partial charge in [-0.15, -0.1) is 0 Å². The zero-order valence-corrected chi connectivity index (χ0v) is 14.9. The number of nitrogens with one attached hydrogen (secondary N) is 1. The van der Waals surface area contributed by atoms with E-state index in [1.807, 2.05) is 6.07 Å². The topological polar surface area (TPSA) is 79.4 Å². The molecule has 0 aliphatic heterocycles. The Morgan fingerprint density at radius 3 is 2.57 bits per heavy atom. The van der Waals surface area contributed by atoms with Crippen molar-refractivity contribution in [3.8, 4) is 6.07 Å². The van der Waals surface area contributed by atoms with E-state index in [1.54, 1.807) is 10.9 Å². The summed E-state index contributed by atoms with van der Waals surface area (Å²) < 4.78 is 40.0. The Morgan fingerprint density at radius 1 is 1.18 bits per heavy atom. The van der Waals surface area contributed by atoms with Gasteiger partial charge in [-0.1, -0.05) is 25.0 Å². The fourth-order valence-corrected chi connectivity index (χ4v) is 3.07. The molecular weight excluding hydrogens is 369 g/mol. The van der Waals surface area contributed by atoms with E-state index in [0.29, 0.717) is 29.1 Å². The van der Waals surface area contributed by atoms with Crippen LogP contribution in [0.25, 0.3) is 11.2 Å². The molecule has 1 aliphatic rings. The Kier molecular flexibility index (Phi) is 4.63. The third-order valence-electron chi connectivity index (χ3n) is 4.75. The van der Waals surface area contributed by atoms with Crippen molar-refractivity contribution in [3.63, 3.8) is 0 Å². The van der Waals surface area contributed by atoms with Crippen LogP contribution in [0.3, 0.4) is 0 Å². The predicted molar refractivity (Wildman–Crippen MR) is 96.4 cm³/mol. The molecule has 0 unspecified atom stereocenters. The van der Waals surface area contributed by atoms with Crippen LogP contribution in [-0.2, 0) is 12.7 Å². The second-order valence-corrected chi connectivity index (χ2v) is 6.91. The van der Waals surface area contributed by atoms with Crippen LogP contribution in [0.1, 0.15) is 36.2 Å². The highest BCUT2D eigenvalue weighted by Gasteiger charge is 2.30. The molecule has 2 aromatic heterocycles. The molecule has 144 valence electrons. The molecule has 0 saturated heterocycles. The highest BCUT2D eigenvalue weighted by atomic mass is 19.4. The SMILES string of the molecule is N#Cc1nc(NCCC2CC2)c2c(ncn2Cc2ccc(C(F)(F)F)cc2)n1. The van der Waals surface area contributed by atoms with Crippen LogP contribution in [0, 0.1) is 17.2 Å². The Labute approximate surface area is 159 Å². The van der Waals surface area contributed by atoms with Crippen LogP contribution < -0.4 is 5.32 Å². The summed E-state index contributed by atoms with van der Waals surface area (Å²) in [7, 11) is 0. The van der Waals surface area contributed by atoms with Crippen LogP contribution in [0.4, 0.5) is 19.0 Å². The Hall–Kier alpha value is -3.15. The summed E-state index contributed by atoms with van der Waals surface area (Å²) in [6.45, 7) is 1.05. The van der Waals surface area contributed by atoms with Crippen molar-refractivity contribution in [3.05, 3.63) is 47.5 Å². The van der Waals surface area contributed by atoms with E-state index in [4.69, 9.17) is 5.26 Å². The summed E-state index contributed by atoms with van der Waals surface area (Å²) in [5.74, 6) is 1.30. The number of imidazole rings is 1. The van der Waals surface area contributed by atoms with Crippen LogP contribution in [-0.4, -0.2) is 26.1 Å². The standard InChI is InChI=1S/C19H17F3N6/c20-19(21,22)14-5-3-13(4-6-14)10-28-11-25-18-16(28)17(26-15(9-23)27-18)24-8-7-12-1-2-12/h3-6,11-12H,1-2,7-8,10H2,(H,24,26,27). The number of alkyl halides is 3. The molecule has 0 spiro atoms. The number of benzene rings is 1. The Morgan fingerprint density at radius 2 is 1.93 bits per heavy atom. The first-order chi connectivity index (χ1) is 13.4. The first-order valence-corrected chi connectivity index (χ1v) is 8.97. The molecule has 1 aromatic carbocycles. The van der Waals surface area contributed by atoms with Gasteiger partial charge in [0.1, 0.15) is 11.6 Å². The molecule has 0 atom stereocenters. The van der Waals surface area contributed by atoms with Crippen molar-refractivity contribution < 1.29 is 13.2 Å². The predicted octanol–water partition coefficient (Wildman–Crippen LogP) is 3.98. The minimum absolute atomic E-state index is 0.0289. The lowest BCUT2D eigenvalue weighted by molar-refractivity contribution is -0.137. The highest BCUT2D eigenvalue weighted by Crippen LogP contribution is 2.32. The fourth-order valence-electron chi connectivity index (χ4n) is 3.07. The second kappa shape index (κ2) is 7.11. The molecule has 1 aliphatic carbocycles. The molecule has 1 fully saturated rings. The molecule has 0 radical (unpaired) electrons. The molecule has 6 nitrogen and oxygen atoms in total. The van der Waals surface area contributed by atoms with Gasteiger partial charge in [0.15, 0.2) is 11.5 Å². The van der Waals surface area contributed by atoms with Crippen LogP contribution >= 0.6 is 0 Å². The van der Waals surface area contributed by atoms with E-state index in [1.165, 1.54) is 25.0 Å². The molecule has 28 heavy (non-hydrogen) atoms. The van der Waals surface area contributed by atoms with Gasteiger partial charge in [0.25, 0.3) is 0 Å². The van der Waals surface area contributed by atoms with Gasteiger partial charge in [-0.2, -0.15) is 28.4 Å². The van der Waals surface area contributed by atoms with Gasteiger partial charge >= 0.3 is 6.18 Å². The number of hydrogen-bond donors (Lipinski definition) is 1. The lowest BCUT2D eigenvalue weighted by Crippen LogP contribution is -2.09.